The van der Waals surface area contributed by atoms with Crippen molar-refractivity contribution in [3.8, 4) is 0 Å². The molecule has 5 rings (SSSR count). The van der Waals surface area contributed by atoms with Crippen LogP contribution in [0.5, 0.6) is 0 Å². The van der Waals surface area contributed by atoms with Crippen LogP contribution in [-0.4, -0.2) is 45.3 Å². The van der Waals surface area contributed by atoms with E-state index in [0.717, 1.165) is 31.2 Å². The number of primary amides is 1. The fourth-order valence-electron chi connectivity index (χ4n) is 4.62. The van der Waals surface area contributed by atoms with Crippen LogP contribution in [0.4, 0.5) is 5.82 Å². The lowest BCUT2D eigenvalue weighted by Crippen LogP contribution is -2.38. The summed E-state index contributed by atoms with van der Waals surface area (Å²) in [5.41, 5.74) is 8.07. The molecule has 2 fully saturated rings. The molecule has 0 spiro atoms. The molecule has 32 heavy (non-hydrogen) atoms. The molecule has 0 radical (unpaired) electrons. The summed E-state index contributed by atoms with van der Waals surface area (Å²) in [4.78, 5) is 35.9. The first-order valence-corrected chi connectivity index (χ1v) is 11.1. The van der Waals surface area contributed by atoms with Gasteiger partial charge in [0.15, 0.2) is 0 Å². The van der Waals surface area contributed by atoms with Crippen molar-refractivity contribution < 1.29 is 14.0 Å². The average Bonchev–Trinajstić information content (AvgIpc) is 3.41. The highest BCUT2D eigenvalue weighted by molar-refractivity contribution is 6.10. The summed E-state index contributed by atoms with van der Waals surface area (Å²) in [5.74, 6) is 0.919. The predicted molar refractivity (Wildman–Crippen MR) is 121 cm³/mol. The van der Waals surface area contributed by atoms with Crippen molar-refractivity contribution in [1.29, 1.82) is 0 Å². The van der Waals surface area contributed by atoms with E-state index in [9.17, 15) is 9.59 Å². The number of nitrogens with zero attached hydrogens (tertiary/aromatic N) is 3. The maximum atomic E-state index is 13.6. The monoisotopic (exact) mass is 433 g/mol. The molecule has 0 bridgehead atoms. The van der Waals surface area contributed by atoms with Crippen LogP contribution in [0.15, 0.2) is 35.0 Å². The van der Waals surface area contributed by atoms with Gasteiger partial charge in [0.25, 0.3) is 5.91 Å². The molecule has 8 nitrogen and oxygen atoms in total. The highest BCUT2D eigenvalue weighted by Crippen LogP contribution is 2.40. The summed E-state index contributed by atoms with van der Waals surface area (Å²) in [6.07, 6.45) is 5.14. The number of fused-ring (bicyclic) bond motifs is 1. The van der Waals surface area contributed by atoms with Gasteiger partial charge in [-0.1, -0.05) is 18.2 Å². The number of nitrogens with two attached hydrogens (primary N) is 1. The molecule has 1 saturated carbocycles. The standard InChI is InChI=1S/C24H27N5O3/c1-14-18(19-21(28-24(2)9-10-24)26-13-27-22(19)32-14)23(31)29-11-7-15(8-12-29)16-5-3-4-6-17(16)20(25)30/h3-6,13,15H,7-12H2,1-2H3,(H2,25,30)(H,26,27,28). The van der Waals surface area contributed by atoms with Crippen molar-refractivity contribution in [1.82, 2.24) is 14.9 Å². The van der Waals surface area contributed by atoms with Gasteiger partial charge in [-0.3, -0.25) is 9.59 Å². The van der Waals surface area contributed by atoms with E-state index in [4.69, 9.17) is 10.2 Å². The third-order valence-electron chi connectivity index (χ3n) is 6.75. The maximum Gasteiger partial charge on any atom is 0.258 e. The number of likely N-dealkylation sites (tertiary alicyclic amines) is 1. The lowest BCUT2D eigenvalue weighted by molar-refractivity contribution is 0.0711. The molecule has 1 aliphatic carbocycles. The van der Waals surface area contributed by atoms with E-state index >= 15 is 0 Å². The number of hydrogen-bond donors (Lipinski definition) is 2. The van der Waals surface area contributed by atoms with E-state index < -0.39 is 5.91 Å². The van der Waals surface area contributed by atoms with E-state index in [0.29, 0.717) is 46.9 Å². The first-order valence-electron chi connectivity index (χ1n) is 11.1. The third kappa shape index (κ3) is 3.59. The molecular formula is C24H27N5O3. The zero-order chi connectivity index (χ0) is 22.5. The summed E-state index contributed by atoms with van der Waals surface area (Å²) in [6.45, 7) is 5.13. The van der Waals surface area contributed by atoms with Gasteiger partial charge in [-0.15, -0.1) is 0 Å². The SMILES string of the molecule is Cc1oc2ncnc(NC3(C)CC3)c2c1C(=O)N1CCC(c2ccccc2C(N)=O)CC1. The number of hydrogen-bond acceptors (Lipinski definition) is 6. The smallest absolute Gasteiger partial charge is 0.258 e. The van der Waals surface area contributed by atoms with E-state index in [2.05, 4.69) is 22.2 Å². The number of carbonyl (C=O) groups is 2. The number of benzene rings is 1. The number of furan rings is 1. The Hall–Kier alpha value is -3.42. The molecule has 3 N–H and O–H groups in total. The minimum absolute atomic E-state index is 0.0128. The Balaban J connectivity index is 1.39. The number of nitrogens with one attached hydrogen (secondary N) is 1. The molecule has 2 aliphatic rings. The molecule has 1 aliphatic heterocycles. The minimum Gasteiger partial charge on any atom is -0.442 e. The van der Waals surface area contributed by atoms with Gasteiger partial charge < -0.3 is 20.4 Å². The van der Waals surface area contributed by atoms with E-state index in [1.165, 1.54) is 6.33 Å². The van der Waals surface area contributed by atoms with Crippen LogP contribution in [0.2, 0.25) is 0 Å². The molecule has 1 saturated heterocycles. The van der Waals surface area contributed by atoms with Crippen LogP contribution in [0.1, 0.15) is 70.6 Å². The fraction of sp³-hybridized carbons (Fsp3) is 0.417. The Morgan fingerprint density at radius 3 is 2.59 bits per heavy atom. The van der Waals surface area contributed by atoms with Crippen molar-refractivity contribution in [3.05, 3.63) is 53.0 Å². The number of anilines is 1. The maximum absolute atomic E-state index is 13.6. The van der Waals surface area contributed by atoms with Gasteiger partial charge in [-0.05, 0) is 57.1 Å². The highest BCUT2D eigenvalue weighted by atomic mass is 16.3. The fourth-order valence-corrected chi connectivity index (χ4v) is 4.62. The molecule has 1 aromatic carbocycles. The van der Waals surface area contributed by atoms with Crippen LogP contribution in [0.3, 0.4) is 0 Å². The topological polar surface area (TPSA) is 114 Å². The summed E-state index contributed by atoms with van der Waals surface area (Å²) < 4.78 is 5.83. The molecule has 2 aromatic heterocycles. The first-order chi connectivity index (χ1) is 15.4. The zero-order valence-corrected chi connectivity index (χ0v) is 18.4. The number of piperidine rings is 1. The molecule has 0 atom stereocenters. The van der Waals surface area contributed by atoms with Crippen LogP contribution >= 0.6 is 0 Å². The normalized spacial score (nSPS) is 18.0. The predicted octanol–water partition coefficient (Wildman–Crippen LogP) is 3.61. The zero-order valence-electron chi connectivity index (χ0n) is 18.4. The Bertz CT molecular complexity index is 1210. The lowest BCUT2D eigenvalue weighted by Gasteiger charge is -2.33. The van der Waals surface area contributed by atoms with Gasteiger partial charge in [0.2, 0.25) is 11.6 Å². The third-order valence-corrected chi connectivity index (χ3v) is 6.75. The van der Waals surface area contributed by atoms with Gasteiger partial charge in [-0.25, -0.2) is 9.97 Å². The van der Waals surface area contributed by atoms with Crippen molar-refractivity contribution in [2.75, 3.05) is 18.4 Å². The average molecular weight is 434 g/mol. The van der Waals surface area contributed by atoms with Crippen molar-refractivity contribution in [2.24, 2.45) is 5.73 Å². The summed E-state index contributed by atoms with van der Waals surface area (Å²) in [6, 6.07) is 7.48. The molecule has 0 unspecified atom stereocenters. The van der Waals surface area contributed by atoms with Gasteiger partial charge in [0.05, 0.1) is 10.9 Å². The van der Waals surface area contributed by atoms with Crippen LogP contribution < -0.4 is 11.1 Å². The van der Waals surface area contributed by atoms with Crippen LogP contribution in [0, 0.1) is 6.92 Å². The molecule has 2 amide bonds. The number of rotatable bonds is 5. The first kappa shape index (κ1) is 20.5. The molecule has 8 heteroatoms. The number of carbonyl (C=O) groups excluding carboxylic acids is 2. The second kappa shape index (κ2) is 7.62. The van der Waals surface area contributed by atoms with Crippen molar-refractivity contribution in [3.63, 3.8) is 0 Å². The number of aryl methyl sites for hydroxylation is 1. The Kier molecular flexibility index (Phi) is 4.87. The van der Waals surface area contributed by atoms with Gasteiger partial charge >= 0.3 is 0 Å². The largest absolute Gasteiger partial charge is 0.442 e. The minimum atomic E-state index is -0.413. The Morgan fingerprint density at radius 2 is 1.91 bits per heavy atom. The Morgan fingerprint density at radius 1 is 1.19 bits per heavy atom. The van der Waals surface area contributed by atoms with E-state index in [-0.39, 0.29) is 17.4 Å². The summed E-state index contributed by atoms with van der Waals surface area (Å²) >= 11 is 0. The lowest BCUT2D eigenvalue weighted by atomic mass is 9.86. The van der Waals surface area contributed by atoms with Crippen molar-refractivity contribution in [2.45, 2.75) is 51.0 Å². The number of aromatic nitrogens is 2. The van der Waals surface area contributed by atoms with Gasteiger partial charge in [-0.2, -0.15) is 0 Å². The van der Waals surface area contributed by atoms with E-state index in [1.54, 1.807) is 13.0 Å². The van der Waals surface area contributed by atoms with Gasteiger partial charge in [0, 0.05) is 24.2 Å². The van der Waals surface area contributed by atoms with Gasteiger partial charge in [0.1, 0.15) is 17.9 Å². The second-order valence-corrected chi connectivity index (χ2v) is 9.14. The molecule has 166 valence electrons. The molecule has 3 heterocycles. The summed E-state index contributed by atoms with van der Waals surface area (Å²) in [7, 11) is 0. The summed E-state index contributed by atoms with van der Waals surface area (Å²) in [5, 5.41) is 4.12. The quantitative estimate of drug-likeness (QED) is 0.635. The Labute approximate surface area is 186 Å². The van der Waals surface area contributed by atoms with Crippen LogP contribution in [0.25, 0.3) is 11.1 Å². The number of amides is 2. The highest BCUT2D eigenvalue weighted by Gasteiger charge is 2.39. The van der Waals surface area contributed by atoms with Crippen molar-refractivity contribution >= 4 is 28.7 Å². The second-order valence-electron chi connectivity index (χ2n) is 9.14. The molecule has 3 aromatic rings. The molecular weight excluding hydrogens is 406 g/mol. The van der Waals surface area contributed by atoms with E-state index in [1.807, 2.05) is 23.1 Å². The van der Waals surface area contributed by atoms with Crippen LogP contribution in [-0.2, 0) is 0 Å².